The number of carbonyl (C=O) groups is 1. The molecular formula is C12H23N3O2S. The van der Waals surface area contributed by atoms with Crippen LogP contribution in [0.3, 0.4) is 0 Å². The summed E-state index contributed by atoms with van der Waals surface area (Å²) in [7, 11) is 0. The molecule has 1 aliphatic rings. The molecule has 0 unspecified atom stereocenters. The molecule has 1 aliphatic heterocycles. The van der Waals surface area contributed by atoms with Gasteiger partial charge in [0.05, 0.1) is 4.99 Å². The van der Waals surface area contributed by atoms with E-state index in [4.69, 9.17) is 22.7 Å². The Morgan fingerprint density at radius 2 is 2.00 bits per heavy atom. The lowest BCUT2D eigenvalue weighted by molar-refractivity contribution is -0.133. The van der Waals surface area contributed by atoms with Gasteiger partial charge in [0, 0.05) is 52.4 Å². The summed E-state index contributed by atoms with van der Waals surface area (Å²) in [6.45, 7) is 7.26. The Balaban J connectivity index is 2.17. The van der Waals surface area contributed by atoms with Crippen molar-refractivity contribution < 1.29 is 9.53 Å². The maximum Gasteiger partial charge on any atom is 0.222 e. The first-order chi connectivity index (χ1) is 8.63. The molecule has 2 N–H and O–H groups in total. The predicted octanol–water partition coefficient (Wildman–Crippen LogP) is 0.233. The highest BCUT2D eigenvalue weighted by atomic mass is 32.1. The molecule has 1 amide bonds. The van der Waals surface area contributed by atoms with E-state index in [-0.39, 0.29) is 5.91 Å². The second-order valence-electron chi connectivity index (χ2n) is 4.42. The molecule has 1 heterocycles. The van der Waals surface area contributed by atoms with Crippen LogP contribution in [0.25, 0.3) is 0 Å². The number of rotatable bonds is 7. The fraction of sp³-hybridized carbons (Fsp3) is 0.833. The van der Waals surface area contributed by atoms with Crippen LogP contribution in [-0.2, 0) is 9.53 Å². The summed E-state index contributed by atoms with van der Waals surface area (Å²) in [5, 5.41) is 0. The molecule has 6 heteroatoms. The highest BCUT2D eigenvalue weighted by Gasteiger charge is 2.20. The first-order valence-corrected chi connectivity index (χ1v) is 6.90. The standard InChI is InChI=1S/C12H23N3O2S/c1-2-17-9-3-4-12(16)15-7-5-14(6-8-15)10-11(13)18/h2-10H2,1H3,(H2,13,18). The number of nitrogens with two attached hydrogens (primary N) is 1. The summed E-state index contributed by atoms with van der Waals surface area (Å²) >= 11 is 4.88. The Labute approximate surface area is 114 Å². The van der Waals surface area contributed by atoms with Gasteiger partial charge in [-0.25, -0.2) is 0 Å². The minimum Gasteiger partial charge on any atom is -0.392 e. The fourth-order valence-corrected chi connectivity index (χ4v) is 2.19. The smallest absolute Gasteiger partial charge is 0.222 e. The van der Waals surface area contributed by atoms with Gasteiger partial charge < -0.3 is 15.4 Å². The van der Waals surface area contributed by atoms with Crippen LogP contribution >= 0.6 is 12.2 Å². The maximum atomic E-state index is 11.9. The molecule has 1 saturated heterocycles. The number of piperazine rings is 1. The van der Waals surface area contributed by atoms with Gasteiger partial charge in [-0.05, 0) is 13.3 Å². The Hall–Kier alpha value is -0.720. The van der Waals surface area contributed by atoms with Gasteiger partial charge in [0.2, 0.25) is 5.91 Å². The van der Waals surface area contributed by atoms with Crippen molar-refractivity contribution in [3.8, 4) is 0 Å². The average molecular weight is 273 g/mol. The van der Waals surface area contributed by atoms with Gasteiger partial charge in [-0.2, -0.15) is 0 Å². The molecule has 0 aromatic carbocycles. The first kappa shape index (κ1) is 15.3. The van der Waals surface area contributed by atoms with Crippen LogP contribution in [0, 0.1) is 0 Å². The van der Waals surface area contributed by atoms with Crippen molar-refractivity contribution in [3.05, 3.63) is 0 Å². The Morgan fingerprint density at radius 1 is 1.33 bits per heavy atom. The predicted molar refractivity (Wildman–Crippen MR) is 75.5 cm³/mol. The van der Waals surface area contributed by atoms with Crippen LogP contribution < -0.4 is 5.73 Å². The SMILES string of the molecule is CCOCCCC(=O)N1CCN(CC(N)=S)CC1. The zero-order valence-corrected chi connectivity index (χ0v) is 11.9. The zero-order chi connectivity index (χ0) is 13.4. The number of nitrogens with zero attached hydrogens (tertiary/aromatic N) is 2. The van der Waals surface area contributed by atoms with E-state index in [1.807, 2.05) is 11.8 Å². The number of carbonyl (C=O) groups excluding carboxylic acids is 1. The molecule has 18 heavy (non-hydrogen) atoms. The lowest BCUT2D eigenvalue weighted by Crippen LogP contribution is -2.50. The van der Waals surface area contributed by atoms with Crippen molar-refractivity contribution in [1.29, 1.82) is 0 Å². The normalized spacial score (nSPS) is 16.8. The van der Waals surface area contributed by atoms with E-state index in [1.165, 1.54) is 0 Å². The van der Waals surface area contributed by atoms with Crippen LogP contribution in [0.1, 0.15) is 19.8 Å². The lowest BCUT2D eigenvalue weighted by Gasteiger charge is -2.34. The van der Waals surface area contributed by atoms with E-state index in [1.54, 1.807) is 0 Å². The van der Waals surface area contributed by atoms with Gasteiger partial charge in [-0.3, -0.25) is 9.69 Å². The third-order valence-corrected chi connectivity index (χ3v) is 3.12. The number of ether oxygens (including phenoxy) is 1. The minimum absolute atomic E-state index is 0.227. The molecule has 0 aliphatic carbocycles. The van der Waals surface area contributed by atoms with E-state index in [9.17, 15) is 4.79 Å². The summed E-state index contributed by atoms with van der Waals surface area (Å²) in [5.41, 5.74) is 5.51. The van der Waals surface area contributed by atoms with Crippen LogP contribution in [0.5, 0.6) is 0 Å². The summed E-state index contributed by atoms with van der Waals surface area (Å²) in [4.78, 5) is 16.5. The van der Waals surface area contributed by atoms with E-state index in [0.717, 1.165) is 32.6 Å². The lowest BCUT2D eigenvalue weighted by atomic mass is 10.2. The molecular weight excluding hydrogens is 250 g/mol. The van der Waals surface area contributed by atoms with Gasteiger partial charge in [0.1, 0.15) is 0 Å². The van der Waals surface area contributed by atoms with Crippen LogP contribution in [0.15, 0.2) is 0 Å². The Bertz CT molecular complexity index is 278. The summed E-state index contributed by atoms with van der Waals surface area (Å²) < 4.78 is 5.22. The largest absolute Gasteiger partial charge is 0.392 e. The quantitative estimate of drug-likeness (QED) is 0.532. The van der Waals surface area contributed by atoms with Gasteiger partial charge in [0.15, 0.2) is 0 Å². The van der Waals surface area contributed by atoms with Crippen molar-refractivity contribution in [1.82, 2.24) is 9.80 Å². The average Bonchev–Trinajstić information content (AvgIpc) is 2.34. The molecule has 0 radical (unpaired) electrons. The van der Waals surface area contributed by atoms with Crippen molar-refractivity contribution in [2.24, 2.45) is 5.73 Å². The van der Waals surface area contributed by atoms with Crippen LogP contribution in [-0.4, -0.2) is 66.6 Å². The fourth-order valence-electron chi connectivity index (χ4n) is 2.00. The number of amides is 1. The number of hydrogen-bond donors (Lipinski definition) is 1. The van der Waals surface area contributed by atoms with E-state index < -0.39 is 0 Å². The maximum absolute atomic E-state index is 11.9. The first-order valence-electron chi connectivity index (χ1n) is 6.49. The van der Waals surface area contributed by atoms with Crippen molar-refractivity contribution in [2.45, 2.75) is 19.8 Å². The number of hydrogen-bond acceptors (Lipinski definition) is 4. The molecule has 0 atom stereocenters. The molecule has 104 valence electrons. The third-order valence-electron chi connectivity index (χ3n) is 2.99. The number of thiocarbonyl (C=S) groups is 1. The van der Waals surface area contributed by atoms with Crippen LogP contribution in [0.2, 0.25) is 0 Å². The molecule has 1 rings (SSSR count). The molecule has 5 nitrogen and oxygen atoms in total. The molecule has 0 spiro atoms. The highest BCUT2D eigenvalue weighted by Crippen LogP contribution is 2.05. The highest BCUT2D eigenvalue weighted by molar-refractivity contribution is 7.80. The summed E-state index contributed by atoms with van der Waals surface area (Å²) in [5.74, 6) is 0.227. The third kappa shape index (κ3) is 5.75. The Morgan fingerprint density at radius 3 is 2.56 bits per heavy atom. The summed E-state index contributed by atoms with van der Waals surface area (Å²) in [6, 6.07) is 0. The Kier molecular flexibility index (Phi) is 7.15. The van der Waals surface area contributed by atoms with Gasteiger partial charge in [-0.15, -0.1) is 0 Å². The molecule has 0 aromatic heterocycles. The summed E-state index contributed by atoms with van der Waals surface area (Å²) in [6.07, 6.45) is 1.38. The molecule has 1 fully saturated rings. The van der Waals surface area contributed by atoms with E-state index in [0.29, 0.717) is 31.2 Å². The molecule has 0 aromatic rings. The van der Waals surface area contributed by atoms with Gasteiger partial charge >= 0.3 is 0 Å². The van der Waals surface area contributed by atoms with Crippen molar-refractivity contribution in [2.75, 3.05) is 45.9 Å². The van der Waals surface area contributed by atoms with Gasteiger partial charge in [-0.1, -0.05) is 12.2 Å². The van der Waals surface area contributed by atoms with Crippen molar-refractivity contribution in [3.63, 3.8) is 0 Å². The van der Waals surface area contributed by atoms with Crippen molar-refractivity contribution >= 4 is 23.1 Å². The minimum atomic E-state index is 0.227. The topological polar surface area (TPSA) is 58.8 Å². The monoisotopic (exact) mass is 273 g/mol. The molecule has 0 saturated carbocycles. The van der Waals surface area contributed by atoms with E-state index in [2.05, 4.69) is 4.90 Å². The van der Waals surface area contributed by atoms with Gasteiger partial charge in [0.25, 0.3) is 0 Å². The molecule has 0 bridgehead atoms. The zero-order valence-electron chi connectivity index (χ0n) is 11.1. The van der Waals surface area contributed by atoms with Crippen LogP contribution in [0.4, 0.5) is 0 Å². The second kappa shape index (κ2) is 8.39. The second-order valence-corrected chi connectivity index (χ2v) is 4.95. The van der Waals surface area contributed by atoms with E-state index >= 15 is 0 Å².